The van der Waals surface area contributed by atoms with Gasteiger partial charge in [-0.2, -0.15) is 0 Å². The monoisotopic (exact) mass is 482 g/mol. The third kappa shape index (κ3) is 5.74. The first-order chi connectivity index (χ1) is 15.5. The molecule has 3 aromatic rings. The number of nitrogens with zero attached hydrogens (tertiary/aromatic N) is 1. The summed E-state index contributed by atoms with van der Waals surface area (Å²) in [6.07, 6.45) is 2.82. The Hall–Kier alpha value is -2.73. The lowest BCUT2D eigenvalue weighted by atomic mass is 10.2. The van der Waals surface area contributed by atoms with Crippen LogP contribution >= 0.6 is 35.0 Å². The molecule has 1 amide bonds. The fourth-order valence-corrected chi connectivity index (χ4v) is 4.32. The van der Waals surface area contributed by atoms with Crippen molar-refractivity contribution in [2.24, 2.45) is 4.99 Å². The number of benzene rings is 3. The number of hydrogen-bond donors (Lipinski definition) is 1. The molecule has 0 spiro atoms. The van der Waals surface area contributed by atoms with Crippen LogP contribution in [0.2, 0.25) is 10.0 Å². The number of carbonyl (C=O) groups is 1. The van der Waals surface area contributed by atoms with E-state index in [4.69, 9.17) is 27.9 Å². The summed E-state index contributed by atoms with van der Waals surface area (Å²) in [5.74, 6) is 0.552. The normalized spacial score (nSPS) is 15.9. The fourth-order valence-electron chi connectivity index (χ4n) is 3.02. The summed E-state index contributed by atoms with van der Waals surface area (Å²) < 4.78 is 5.81. The third-order valence-electron chi connectivity index (χ3n) is 4.81. The maximum absolute atomic E-state index is 12.3. The van der Waals surface area contributed by atoms with E-state index in [1.165, 1.54) is 17.3 Å². The molecule has 7 heteroatoms. The molecule has 1 heterocycles. The molecule has 3 aromatic carbocycles. The van der Waals surface area contributed by atoms with Crippen molar-refractivity contribution in [3.8, 4) is 5.75 Å². The number of rotatable bonds is 6. The average molecular weight is 483 g/mol. The van der Waals surface area contributed by atoms with Crippen molar-refractivity contribution in [2.45, 2.75) is 20.0 Å². The van der Waals surface area contributed by atoms with E-state index in [1.54, 1.807) is 12.1 Å². The molecule has 4 nitrogen and oxygen atoms in total. The summed E-state index contributed by atoms with van der Waals surface area (Å²) in [5, 5.41) is 4.56. The van der Waals surface area contributed by atoms with Crippen molar-refractivity contribution in [1.82, 2.24) is 5.32 Å². The topological polar surface area (TPSA) is 50.7 Å². The van der Waals surface area contributed by atoms with Crippen LogP contribution in [0, 0.1) is 0 Å². The molecule has 32 heavy (non-hydrogen) atoms. The summed E-state index contributed by atoms with van der Waals surface area (Å²) in [6.45, 7) is 2.45. The van der Waals surface area contributed by atoms with E-state index >= 15 is 0 Å². The minimum absolute atomic E-state index is 0.156. The van der Waals surface area contributed by atoms with E-state index < -0.39 is 0 Å². The van der Waals surface area contributed by atoms with Gasteiger partial charge >= 0.3 is 0 Å². The first kappa shape index (κ1) is 22.5. The molecule has 0 radical (unpaired) electrons. The summed E-state index contributed by atoms with van der Waals surface area (Å²) in [7, 11) is 0. The van der Waals surface area contributed by atoms with Gasteiger partial charge in [0.2, 0.25) is 0 Å². The lowest BCUT2D eigenvalue weighted by molar-refractivity contribution is -0.115. The van der Waals surface area contributed by atoms with Crippen molar-refractivity contribution < 1.29 is 9.53 Å². The number of ether oxygens (including phenoxy) is 1. The van der Waals surface area contributed by atoms with Gasteiger partial charge in [0, 0.05) is 15.6 Å². The smallest absolute Gasteiger partial charge is 0.264 e. The van der Waals surface area contributed by atoms with Crippen LogP contribution in [0.5, 0.6) is 5.75 Å². The van der Waals surface area contributed by atoms with Crippen LogP contribution in [0.4, 0.5) is 5.69 Å². The highest BCUT2D eigenvalue weighted by Gasteiger charge is 2.23. The summed E-state index contributed by atoms with van der Waals surface area (Å²) in [6, 6.07) is 20.8. The number of halogens is 2. The molecular weight excluding hydrogens is 463 g/mol. The molecule has 1 aliphatic heterocycles. The largest absolute Gasteiger partial charge is 0.489 e. The Morgan fingerprint density at radius 3 is 2.47 bits per heavy atom. The maximum Gasteiger partial charge on any atom is 0.264 e. The first-order valence-electron chi connectivity index (χ1n) is 10.1. The Morgan fingerprint density at radius 1 is 1.03 bits per heavy atom. The lowest BCUT2D eigenvalue weighted by Crippen LogP contribution is -2.19. The zero-order valence-electron chi connectivity index (χ0n) is 17.3. The van der Waals surface area contributed by atoms with Crippen molar-refractivity contribution in [3.05, 3.63) is 98.4 Å². The van der Waals surface area contributed by atoms with Crippen molar-refractivity contribution >= 4 is 57.8 Å². The quantitative estimate of drug-likeness (QED) is 0.383. The van der Waals surface area contributed by atoms with Gasteiger partial charge in [-0.1, -0.05) is 60.5 Å². The Kier molecular flexibility index (Phi) is 7.20. The van der Waals surface area contributed by atoms with Gasteiger partial charge in [0.1, 0.15) is 12.4 Å². The van der Waals surface area contributed by atoms with Crippen LogP contribution in [0.15, 0.2) is 76.6 Å². The number of amidine groups is 1. The minimum atomic E-state index is -0.156. The summed E-state index contributed by atoms with van der Waals surface area (Å²) in [5.41, 5.74) is 3.82. The number of aliphatic imine (C=N–C) groups is 1. The molecule has 162 valence electrons. The van der Waals surface area contributed by atoms with Gasteiger partial charge in [-0.05, 0) is 71.8 Å². The zero-order chi connectivity index (χ0) is 22.5. The van der Waals surface area contributed by atoms with Crippen LogP contribution < -0.4 is 10.1 Å². The molecule has 0 aliphatic carbocycles. The molecule has 0 bridgehead atoms. The molecule has 1 saturated heterocycles. The van der Waals surface area contributed by atoms with E-state index in [-0.39, 0.29) is 5.91 Å². The van der Waals surface area contributed by atoms with Crippen molar-refractivity contribution in [3.63, 3.8) is 0 Å². The van der Waals surface area contributed by atoms with Gasteiger partial charge in [-0.15, -0.1) is 0 Å². The first-order valence-corrected chi connectivity index (χ1v) is 11.6. The van der Waals surface area contributed by atoms with E-state index in [2.05, 4.69) is 17.2 Å². The highest BCUT2D eigenvalue weighted by atomic mass is 35.5. The predicted molar refractivity (Wildman–Crippen MR) is 134 cm³/mol. The van der Waals surface area contributed by atoms with Gasteiger partial charge in [0.15, 0.2) is 5.17 Å². The lowest BCUT2D eigenvalue weighted by Gasteiger charge is -2.08. The third-order valence-corrected chi connectivity index (χ3v) is 6.31. The SMILES string of the molecule is CCc1ccc(N=C2NC(=O)/C(=C\c3ccc(OCc4ccc(Cl)cc4Cl)cc3)S2)cc1. The van der Waals surface area contributed by atoms with Gasteiger partial charge in [-0.3, -0.25) is 4.79 Å². The van der Waals surface area contributed by atoms with E-state index in [0.29, 0.717) is 32.5 Å². The Labute approximate surface area is 201 Å². The van der Waals surface area contributed by atoms with E-state index in [1.807, 2.05) is 60.7 Å². The molecule has 0 aromatic heterocycles. The van der Waals surface area contributed by atoms with Crippen LogP contribution in [-0.2, 0) is 17.8 Å². The predicted octanol–water partition coefficient (Wildman–Crippen LogP) is 7.03. The number of amides is 1. The molecule has 1 N–H and O–H groups in total. The van der Waals surface area contributed by atoms with Crippen molar-refractivity contribution in [1.29, 1.82) is 0 Å². The highest BCUT2D eigenvalue weighted by molar-refractivity contribution is 8.18. The molecule has 0 unspecified atom stereocenters. The zero-order valence-corrected chi connectivity index (χ0v) is 19.6. The number of thioether (sulfide) groups is 1. The van der Waals surface area contributed by atoms with Crippen LogP contribution in [0.3, 0.4) is 0 Å². The van der Waals surface area contributed by atoms with Crippen LogP contribution in [0.1, 0.15) is 23.6 Å². The number of carbonyl (C=O) groups excluding carboxylic acids is 1. The Balaban J connectivity index is 1.40. The Bertz CT molecular complexity index is 1190. The van der Waals surface area contributed by atoms with Gasteiger partial charge in [0.25, 0.3) is 5.91 Å². The molecular formula is C25H20Cl2N2O2S. The standard InChI is InChI=1S/C25H20Cl2N2O2S/c1-2-16-3-9-20(10-4-16)28-25-29-24(30)23(32-25)13-17-5-11-21(12-6-17)31-15-18-7-8-19(26)14-22(18)27/h3-14H,2,15H2,1H3,(H,28,29,30)/b23-13+. The number of hydrogen-bond acceptors (Lipinski definition) is 4. The minimum Gasteiger partial charge on any atom is -0.489 e. The second kappa shape index (κ2) is 10.3. The Morgan fingerprint density at radius 2 is 1.78 bits per heavy atom. The number of aryl methyl sites for hydroxylation is 1. The second-order valence-corrected chi connectivity index (χ2v) is 8.97. The van der Waals surface area contributed by atoms with Gasteiger partial charge in [-0.25, -0.2) is 4.99 Å². The van der Waals surface area contributed by atoms with Gasteiger partial charge in [0.05, 0.1) is 10.6 Å². The van der Waals surface area contributed by atoms with Crippen LogP contribution in [0.25, 0.3) is 6.08 Å². The van der Waals surface area contributed by atoms with Gasteiger partial charge < -0.3 is 10.1 Å². The van der Waals surface area contributed by atoms with E-state index in [0.717, 1.165) is 23.2 Å². The average Bonchev–Trinajstić information content (AvgIpc) is 3.13. The second-order valence-electron chi connectivity index (χ2n) is 7.10. The molecule has 1 aliphatic rings. The molecule has 1 fully saturated rings. The molecule has 0 saturated carbocycles. The summed E-state index contributed by atoms with van der Waals surface area (Å²) >= 11 is 13.4. The summed E-state index contributed by atoms with van der Waals surface area (Å²) in [4.78, 5) is 17.5. The molecule has 4 rings (SSSR count). The highest BCUT2D eigenvalue weighted by Crippen LogP contribution is 2.29. The van der Waals surface area contributed by atoms with Crippen LogP contribution in [-0.4, -0.2) is 11.1 Å². The maximum atomic E-state index is 12.3. The fraction of sp³-hybridized carbons (Fsp3) is 0.120. The molecule has 0 atom stereocenters. The van der Waals surface area contributed by atoms with Crippen molar-refractivity contribution in [2.75, 3.05) is 0 Å². The number of nitrogens with one attached hydrogen (secondary N) is 1. The van der Waals surface area contributed by atoms with E-state index in [9.17, 15) is 4.79 Å².